The van der Waals surface area contributed by atoms with Crippen molar-refractivity contribution in [2.75, 3.05) is 0 Å². The Morgan fingerprint density at radius 1 is 1.05 bits per heavy atom. The van der Waals surface area contributed by atoms with E-state index < -0.39 is 11.6 Å². The molecule has 0 aliphatic carbocycles. The Hall–Kier alpha value is -2.07. The summed E-state index contributed by atoms with van der Waals surface area (Å²) in [6.45, 7) is 2.06. The lowest BCUT2D eigenvalue weighted by atomic mass is 10.1. The molecule has 2 nitrogen and oxygen atoms in total. The second-order valence-corrected chi connectivity index (χ2v) is 5.03. The molecule has 0 unspecified atom stereocenters. The van der Waals surface area contributed by atoms with Gasteiger partial charge in [-0.2, -0.15) is 0 Å². The molecule has 0 saturated carbocycles. The van der Waals surface area contributed by atoms with E-state index in [1.165, 1.54) is 5.56 Å². The molecule has 1 heterocycles. The van der Waals surface area contributed by atoms with Gasteiger partial charge in [0, 0.05) is 17.0 Å². The van der Waals surface area contributed by atoms with Crippen LogP contribution in [0.15, 0.2) is 36.4 Å². The maximum absolute atomic E-state index is 13.9. The Morgan fingerprint density at radius 2 is 1.76 bits per heavy atom. The Kier molecular flexibility index (Phi) is 3.55. The van der Waals surface area contributed by atoms with E-state index in [9.17, 15) is 8.78 Å². The molecule has 106 valence electrons. The highest BCUT2D eigenvalue weighted by Crippen LogP contribution is 2.27. The smallest absolute Gasteiger partial charge is 0.161 e. The van der Waals surface area contributed by atoms with Crippen molar-refractivity contribution >= 4 is 22.5 Å². The van der Waals surface area contributed by atoms with Crippen molar-refractivity contribution < 1.29 is 8.78 Å². The minimum absolute atomic E-state index is 0.0194. The summed E-state index contributed by atoms with van der Waals surface area (Å²) in [5.74, 6) is -1.13. The van der Waals surface area contributed by atoms with Crippen molar-refractivity contribution in [3.8, 4) is 11.4 Å². The number of halogens is 3. The molecule has 0 aliphatic rings. The Morgan fingerprint density at radius 3 is 2.43 bits per heavy atom. The summed E-state index contributed by atoms with van der Waals surface area (Å²) < 4.78 is 27.1. The summed E-state index contributed by atoms with van der Waals surface area (Å²) >= 11 is 6.03. The maximum atomic E-state index is 13.9. The van der Waals surface area contributed by atoms with Crippen molar-refractivity contribution in [2.45, 2.75) is 13.3 Å². The molecule has 5 heteroatoms. The first kappa shape index (κ1) is 13.9. The van der Waals surface area contributed by atoms with E-state index in [1.54, 1.807) is 0 Å². The van der Waals surface area contributed by atoms with Crippen molar-refractivity contribution in [3.05, 3.63) is 58.7 Å². The summed E-state index contributed by atoms with van der Waals surface area (Å²) in [4.78, 5) is 8.30. The normalized spacial score (nSPS) is 11.0. The van der Waals surface area contributed by atoms with Gasteiger partial charge < -0.3 is 0 Å². The number of aryl methyl sites for hydroxylation is 1. The number of aromatic nitrogens is 2. The van der Waals surface area contributed by atoms with Gasteiger partial charge in [0.25, 0.3) is 0 Å². The summed E-state index contributed by atoms with van der Waals surface area (Å²) in [6, 6.07) is 9.55. The highest BCUT2D eigenvalue weighted by molar-refractivity contribution is 6.34. The maximum Gasteiger partial charge on any atom is 0.161 e. The van der Waals surface area contributed by atoms with Crippen LogP contribution in [0.5, 0.6) is 0 Å². The average Bonchev–Trinajstić information content (AvgIpc) is 2.48. The monoisotopic (exact) mass is 304 g/mol. The molecule has 0 radical (unpaired) electrons. The lowest BCUT2D eigenvalue weighted by Gasteiger charge is -2.06. The molecule has 2 aromatic carbocycles. The van der Waals surface area contributed by atoms with Crippen LogP contribution in [0.1, 0.15) is 12.5 Å². The fourth-order valence-corrected chi connectivity index (χ4v) is 2.36. The second kappa shape index (κ2) is 5.37. The molecule has 0 aliphatic heterocycles. The van der Waals surface area contributed by atoms with Crippen LogP contribution in [0.3, 0.4) is 0 Å². The first-order chi connectivity index (χ1) is 10.1. The van der Waals surface area contributed by atoms with Crippen molar-refractivity contribution in [2.24, 2.45) is 0 Å². The molecule has 0 atom stereocenters. The summed E-state index contributed by atoms with van der Waals surface area (Å²) in [5, 5.41) is 0.205. The Labute approximate surface area is 125 Å². The Balaban J connectivity index is 2.19. The van der Waals surface area contributed by atoms with Gasteiger partial charge in [0.2, 0.25) is 0 Å². The number of fused-ring (bicyclic) bond motifs is 1. The first-order valence-electron chi connectivity index (χ1n) is 6.50. The van der Waals surface area contributed by atoms with Crippen molar-refractivity contribution in [1.29, 1.82) is 0 Å². The average molecular weight is 305 g/mol. The SMILES string of the molecule is CCc1ccc(-c2nc(Cl)c3cc(F)cc(F)c3n2)cc1. The van der Waals surface area contributed by atoms with Crippen molar-refractivity contribution in [1.82, 2.24) is 9.97 Å². The van der Waals surface area contributed by atoms with E-state index in [4.69, 9.17) is 11.6 Å². The van der Waals surface area contributed by atoms with E-state index in [1.807, 2.05) is 24.3 Å². The molecule has 3 aromatic rings. The number of benzene rings is 2. The van der Waals surface area contributed by atoms with Gasteiger partial charge >= 0.3 is 0 Å². The van der Waals surface area contributed by atoms with E-state index in [0.717, 1.165) is 24.1 Å². The van der Waals surface area contributed by atoms with Gasteiger partial charge in [-0.25, -0.2) is 18.7 Å². The van der Waals surface area contributed by atoms with Crippen LogP contribution in [-0.2, 0) is 6.42 Å². The molecule has 21 heavy (non-hydrogen) atoms. The van der Waals surface area contributed by atoms with Crippen LogP contribution in [0.2, 0.25) is 5.15 Å². The van der Waals surface area contributed by atoms with E-state index in [2.05, 4.69) is 16.9 Å². The quantitative estimate of drug-likeness (QED) is 0.636. The van der Waals surface area contributed by atoms with E-state index >= 15 is 0 Å². The highest BCUT2D eigenvalue weighted by Gasteiger charge is 2.13. The van der Waals surface area contributed by atoms with Gasteiger partial charge in [0.05, 0.1) is 0 Å². The lowest BCUT2D eigenvalue weighted by Crippen LogP contribution is -1.95. The molecule has 0 N–H and O–H groups in total. The molecule has 1 aromatic heterocycles. The number of hydrogen-bond acceptors (Lipinski definition) is 2. The second-order valence-electron chi connectivity index (χ2n) is 4.67. The minimum Gasteiger partial charge on any atom is -0.225 e. The van der Waals surface area contributed by atoms with Crippen LogP contribution in [0.4, 0.5) is 8.78 Å². The molecule has 0 fully saturated rings. The largest absolute Gasteiger partial charge is 0.225 e. The topological polar surface area (TPSA) is 25.8 Å². The van der Waals surface area contributed by atoms with Gasteiger partial charge in [0.1, 0.15) is 16.5 Å². The summed E-state index contributed by atoms with van der Waals surface area (Å²) in [7, 11) is 0. The van der Waals surface area contributed by atoms with Gasteiger partial charge in [0.15, 0.2) is 11.6 Å². The first-order valence-corrected chi connectivity index (χ1v) is 6.88. The zero-order chi connectivity index (χ0) is 15.0. The van der Waals surface area contributed by atoms with Gasteiger partial charge in [-0.3, -0.25) is 0 Å². The molecular formula is C16H11ClF2N2. The Bertz CT molecular complexity index is 817. The third kappa shape index (κ3) is 2.59. The lowest BCUT2D eigenvalue weighted by molar-refractivity contribution is 0.590. The zero-order valence-corrected chi connectivity index (χ0v) is 12.0. The van der Waals surface area contributed by atoms with E-state index in [-0.39, 0.29) is 16.1 Å². The fraction of sp³-hybridized carbons (Fsp3) is 0.125. The predicted molar refractivity (Wildman–Crippen MR) is 79.3 cm³/mol. The summed E-state index contributed by atoms with van der Waals surface area (Å²) in [6.07, 6.45) is 0.924. The number of nitrogens with zero attached hydrogens (tertiary/aromatic N) is 2. The highest BCUT2D eigenvalue weighted by atomic mass is 35.5. The van der Waals surface area contributed by atoms with Gasteiger partial charge in [-0.05, 0) is 18.1 Å². The van der Waals surface area contributed by atoms with E-state index in [0.29, 0.717) is 5.82 Å². The molecule has 0 amide bonds. The minimum atomic E-state index is -0.749. The van der Waals surface area contributed by atoms with Crippen LogP contribution in [0.25, 0.3) is 22.3 Å². The van der Waals surface area contributed by atoms with Crippen LogP contribution < -0.4 is 0 Å². The van der Waals surface area contributed by atoms with Crippen molar-refractivity contribution in [3.63, 3.8) is 0 Å². The van der Waals surface area contributed by atoms with Crippen LogP contribution in [-0.4, -0.2) is 9.97 Å². The van der Waals surface area contributed by atoms with Gasteiger partial charge in [-0.15, -0.1) is 0 Å². The summed E-state index contributed by atoms with van der Waals surface area (Å²) in [5.41, 5.74) is 1.93. The molecular weight excluding hydrogens is 294 g/mol. The fourth-order valence-electron chi connectivity index (χ4n) is 2.14. The predicted octanol–water partition coefficient (Wildman–Crippen LogP) is 4.79. The molecule has 0 spiro atoms. The van der Waals surface area contributed by atoms with Crippen LogP contribution >= 0.6 is 11.6 Å². The molecule has 3 rings (SSSR count). The number of rotatable bonds is 2. The zero-order valence-electron chi connectivity index (χ0n) is 11.2. The van der Waals surface area contributed by atoms with Crippen LogP contribution in [0, 0.1) is 11.6 Å². The molecule has 0 saturated heterocycles. The third-order valence-corrected chi connectivity index (χ3v) is 3.58. The van der Waals surface area contributed by atoms with Gasteiger partial charge in [-0.1, -0.05) is 42.8 Å². The standard InChI is InChI=1S/C16H11ClF2N2/c1-2-9-3-5-10(6-4-9)16-20-14-12(15(17)21-16)7-11(18)8-13(14)19/h3-8H,2H2,1H3. The third-order valence-electron chi connectivity index (χ3n) is 3.29. The molecule has 0 bridgehead atoms. The number of hydrogen-bond donors (Lipinski definition) is 0.